The van der Waals surface area contributed by atoms with Crippen LogP contribution in [-0.2, 0) is 6.54 Å². The summed E-state index contributed by atoms with van der Waals surface area (Å²) in [5.74, 6) is 1.85. The summed E-state index contributed by atoms with van der Waals surface area (Å²) in [6.45, 7) is 8.04. The highest BCUT2D eigenvalue weighted by Crippen LogP contribution is 2.22. The molecule has 2 aromatic rings. The van der Waals surface area contributed by atoms with Gasteiger partial charge in [0, 0.05) is 39.1 Å². The molecule has 152 valence electrons. The SMILES string of the molecule is CCNC(=NCc1cc(N(C)C)nc2ccccc12)NCCN1CCCCC1. The molecule has 0 bridgehead atoms. The van der Waals surface area contributed by atoms with Gasteiger partial charge < -0.3 is 20.4 Å². The minimum absolute atomic E-state index is 0.628. The number of nitrogens with zero attached hydrogens (tertiary/aromatic N) is 4. The molecule has 1 aromatic carbocycles. The highest BCUT2D eigenvalue weighted by atomic mass is 15.2. The molecule has 1 fully saturated rings. The minimum Gasteiger partial charge on any atom is -0.363 e. The van der Waals surface area contributed by atoms with Crippen LogP contribution in [0.3, 0.4) is 0 Å². The van der Waals surface area contributed by atoms with Gasteiger partial charge >= 0.3 is 0 Å². The molecule has 0 amide bonds. The van der Waals surface area contributed by atoms with Gasteiger partial charge in [-0.25, -0.2) is 9.98 Å². The molecule has 1 aliphatic heterocycles. The second-order valence-electron chi connectivity index (χ2n) is 7.58. The number of piperidine rings is 1. The largest absolute Gasteiger partial charge is 0.363 e. The Labute approximate surface area is 169 Å². The molecule has 1 aliphatic rings. The Morgan fingerprint density at radius 3 is 2.68 bits per heavy atom. The topological polar surface area (TPSA) is 55.8 Å². The number of fused-ring (bicyclic) bond motifs is 1. The van der Waals surface area contributed by atoms with Gasteiger partial charge in [-0.2, -0.15) is 0 Å². The Hall–Kier alpha value is -2.34. The van der Waals surface area contributed by atoms with Gasteiger partial charge in [0.1, 0.15) is 5.82 Å². The molecule has 2 N–H and O–H groups in total. The van der Waals surface area contributed by atoms with Gasteiger partial charge in [0.2, 0.25) is 0 Å². The van der Waals surface area contributed by atoms with Gasteiger partial charge in [-0.3, -0.25) is 0 Å². The summed E-state index contributed by atoms with van der Waals surface area (Å²) in [5.41, 5.74) is 2.21. The number of rotatable bonds is 7. The Kier molecular flexibility index (Phi) is 7.48. The summed E-state index contributed by atoms with van der Waals surface area (Å²) >= 11 is 0. The fourth-order valence-electron chi connectivity index (χ4n) is 3.61. The van der Waals surface area contributed by atoms with Gasteiger partial charge in [0.25, 0.3) is 0 Å². The van der Waals surface area contributed by atoms with Crippen LogP contribution in [0.4, 0.5) is 5.82 Å². The van der Waals surface area contributed by atoms with Crippen LogP contribution in [0.2, 0.25) is 0 Å². The number of para-hydroxylation sites is 1. The van der Waals surface area contributed by atoms with E-state index in [-0.39, 0.29) is 0 Å². The van der Waals surface area contributed by atoms with Crippen molar-refractivity contribution in [2.75, 3.05) is 51.7 Å². The fraction of sp³-hybridized carbons (Fsp3) is 0.545. The predicted octanol–water partition coefficient (Wildman–Crippen LogP) is 2.84. The van der Waals surface area contributed by atoms with Gasteiger partial charge in [0.15, 0.2) is 5.96 Å². The van der Waals surface area contributed by atoms with E-state index in [1.54, 1.807) is 0 Å². The molecule has 0 atom stereocenters. The lowest BCUT2D eigenvalue weighted by molar-refractivity contribution is 0.232. The quantitative estimate of drug-likeness (QED) is 0.570. The van der Waals surface area contributed by atoms with Crippen LogP contribution in [0.5, 0.6) is 0 Å². The van der Waals surface area contributed by atoms with Crippen molar-refractivity contribution in [3.63, 3.8) is 0 Å². The van der Waals surface area contributed by atoms with E-state index >= 15 is 0 Å². The zero-order valence-electron chi connectivity index (χ0n) is 17.5. The van der Waals surface area contributed by atoms with Crippen molar-refractivity contribution in [1.29, 1.82) is 0 Å². The average molecular weight is 383 g/mol. The zero-order chi connectivity index (χ0) is 19.8. The fourth-order valence-corrected chi connectivity index (χ4v) is 3.61. The van der Waals surface area contributed by atoms with Crippen molar-refractivity contribution in [1.82, 2.24) is 20.5 Å². The third kappa shape index (κ3) is 5.58. The number of hydrogen-bond donors (Lipinski definition) is 2. The second-order valence-corrected chi connectivity index (χ2v) is 7.58. The number of hydrogen-bond acceptors (Lipinski definition) is 4. The first-order valence-electron chi connectivity index (χ1n) is 10.5. The molecule has 28 heavy (non-hydrogen) atoms. The van der Waals surface area contributed by atoms with Crippen LogP contribution in [-0.4, -0.2) is 62.7 Å². The lowest BCUT2D eigenvalue weighted by Crippen LogP contribution is -2.42. The first kappa shape index (κ1) is 20.4. The summed E-state index contributed by atoms with van der Waals surface area (Å²) in [5, 5.41) is 8.03. The van der Waals surface area contributed by atoms with Crippen molar-refractivity contribution in [3.8, 4) is 0 Å². The third-order valence-corrected chi connectivity index (χ3v) is 5.17. The second kappa shape index (κ2) is 10.3. The van der Waals surface area contributed by atoms with E-state index in [1.807, 2.05) is 25.1 Å². The highest BCUT2D eigenvalue weighted by molar-refractivity contribution is 5.85. The predicted molar refractivity (Wildman–Crippen MR) is 119 cm³/mol. The molecule has 0 radical (unpaired) electrons. The zero-order valence-corrected chi connectivity index (χ0v) is 17.5. The van der Waals surface area contributed by atoms with Gasteiger partial charge in [-0.15, -0.1) is 0 Å². The van der Waals surface area contributed by atoms with E-state index in [1.165, 1.54) is 43.3 Å². The molecule has 0 spiro atoms. The summed E-state index contributed by atoms with van der Waals surface area (Å²) in [4.78, 5) is 14.2. The number of likely N-dealkylation sites (tertiary alicyclic amines) is 1. The summed E-state index contributed by atoms with van der Waals surface area (Å²) in [6.07, 6.45) is 4.04. The Balaban J connectivity index is 1.69. The number of pyridine rings is 1. The Bertz CT molecular complexity index is 780. The maximum absolute atomic E-state index is 4.85. The van der Waals surface area contributed by atoms with E-state index in [0.29, 0.717) is 6.54 Å². The van der Waals surface area contributed by atoms with Crippen molar-refractivity contribution in [3.05, 3.63) is 35.9 Å². The van der Waals surface area contributed by atoms with Crippen molar-refractivity contribution >= 4 is 22.7 Å². The standard InChI is InChI=1S/C22H34N6/c1-4-23-22(24-12-15-28-13-8-5-9-14-28)25-17-18-16-21(27(2)3)26-20-11-7-6-10-19(18)20/h6-7,10-11,16H,4-5,8-9,12-15,17H2,1-3H3,(H2,23,24,25). The summed E-state index contributed by atoms with van der Waals surface area (Å²) in [6, 6.07) is 10.4. The number of aliphatic imine (C=N–C) groups is 1. The minimum atomic E-state index is 0.628. The third-order valence-electron chi connectivity index (χ3n) is 5.17. The van der Waals surface area contributed by atoms with Crippen LogP contribution in [0, 0.1) is 0 Å². The molecule has 0 aliphatic carbocycles. The number of benzene rings is 1. The van der Waals surface area contributed by atoms with E-state index in [4.69, 9.17) is 9.98 Å². The van der Waals surface area contributed by atoms with E-state index in [0.717, 1.165) is 36.9 Å². The van der Waals surface area contributed by atoms with Crippen LogP contribution in [0.1, 0.15) is 31.7 Å². The molecule has 0 unspecified atom stereocenters. The molecule has 2 heterocycles. The molecule has 1 aromatic heterocycles. The van der Waals surface area contributed by atoms with E-state index < -0.39 is 0 Å². The van der Waals surface area contributed by atoms with Crippen LogP contribution in [0.25, 0.3) is 10.9 Å². The first-order valence-corrected chi connectivity index (χ1v) is 10.5. The van der Waals surface area contributed by atoms with Gasteiger partial charge in [0.05, 0.1) is 12.1 Å². The van der Waals surface area contributed by atoms with Gasteiger partial charge in [-0.05, 0) is 50.6 Å². The lowest BCUT2D eigenvalue weighted by Gasteiger charge is -2.26. The van der Waals surface area contributed by atoms with Crippen LogP contribution in [0.15, 0.2) is 35.3 Å². The van der Waals surface area contributed by atoms with Crippen molar-refractivity contribution in [2.45, 2.75) is 32.7 Å². The first-order chi connectivity index (χ1) is 13.7. The lowest BCUT2D eigenvalue weighted by atomic mass is 10.1. The summed E-state index contributed by atoms with van der Waals surface area (Å²) in [7, 11) is 4.05. The smallest absolute Gasteiger partial charge is 0.191 e. The van der Waals surface area contributed by atoms with Crippen LogP contribution >= 0.6 is 0 Å². The molecule has 1 saturated heterocycles. The maximum Gasteiger partial charge on any atom is 0.191 e. The molecule has 0 saturated carbocycles. The number of nitrogens with one attached hydrogen (secondary N) is 2. The van der Waals surface area contributed by atoms with E-state index in [9.17, 15) is 0 Å². The molecular formula is C22H34N6. The normalized spacial score (nSPS) is 15.6. The average Bonchev–Trinajstić information content (AvgIpc) is 2.72. The number of aromatic nitrogens is 1. The molecule has 3 rings (SSSR count). The molecule has 6 nitrogen and oxygen atoms in total. The Morgan fingerprint density at radius 1 is 1.14 bits per heavy atom. The molecule has 6 heteroatoms. The Morgan fingerprint density at radius 2 is 1.93 bits per heavy atom. The number of anilines is 1. The molecular weight excluding hydrogens is 348 g/mol. The van der Waals surface area contributed by atoms with Crippen molar-refractivity contribution < 1.29 is 0 Å². The van der Waals surface area contributed by atoms with E-state index in [2.05, 4.69) is 46.7 Å². The highest BCUT2D eigenvalue weighted by Gasteiger charge is 2.10. The summed E-state index contributed by atoms with van der Waals surface area (Å²) < 4.78 is 0. The van der Waals surface area contributed by atoms with Crippen molar-refractivity contribution in [2.24, 2.45) is 4.99 Å². The maximum atomic E-state index is 4.85. The number of guanidine groups is 1. The van der Waals surface area contributed by atoms with Gasteiger partial charge in [-0.1, -0.05) is 24.6 Å². The monoisotopic (exact) mass is 382 g/mol. The van der Waals surface area contributed by atoms with Crippen LogP contribution < -0.4 is 15.5 Å².